The van der Waals surface area contributed by atoms with Crippen molar-refractivity contribution in [2.75, 3.05) is 26.0 Å². The maximum atomic E-state index is 12.4. The molecule has 1 aromatic heterocycles. The van der Waals surface area contributed by atoms with E-state index in [9.17, 15) is 4.79 Å². The van der Waals surface area contributed by atoms with Gasteiger partial charge in [-0.25, -0.2) is 4.98 Å². The Kier molecular flexibility index (Phi) is 5.45. The van der Waals surface area contributed by atoms with Gasteiger partial charge in [0.15, 0.2) is 0 Å². The standard InChI is InChI=1S/C18H23N3O2S/c1-20-11-8-19-18(20)14-6-9-21(10-7-14)17(22)13-24-16-5-3-4-15(12-16)23-2/h3-5,8,11-12,14H,6-7,9-10,13H2,1-2H3. The molecule has 1 amide bonds. The van der Waals surface area contributed by atoms with Gasteiger partial charge in [-0.05, 0) is 31.0 Å². The molecule has 3 rings (SSSR count). The molecule has 2 aromatic rings. The van der Waals surface area contributed by atoms with E-state index < -0.39 is 0 Å². The molecule has 1 saturated heterocycles. The van der Waals surface area contributed by atoms with Crippen LogP contribution >= 0.6 is 11.8 Å². The van der Waals surface area contributed by atoms with Crippen molar-refractivity contribution in [3.05, 3.63) is 42.5 Å². The topological polar surface area (TPSA) is 47.4 Å². The van der Waals surface area contributed by atoms with Gasteiger partial charge in [-0.15, -0.1) is 11.8 Å². The third-order valence-corrected chi connectivity index (χ3v) is 5.45. The van der Waals surface area contributed by atoms with E-state index in [1.165, 1.54) is 0 Å². The van der Waals surface area contributed by atoms with Gasteiger partial charge in [0, 0.05) is 43.3 Å². The fraction of sp³-hybridized carbons (Fsp3) is 0.444. The van der Waals surface area contributed by atoms with Crippen molar-refractivity contribution in [2.45, 2.75) is 23.7 Å². The predicted octanol–water partition coefficient (Wildman–Crippen LogP) is 2.93. The number of methoxy groups -OCH3 is 1. The molecule has 0 radical (unpaired) electrons. The van der Waals surface area contributed by atoms with E-state index in [1.54, 1.807) is 18.9 Å². The van der Waals surface area contributed by atoms with E-state index in [0.717, 1.165) is 42.4 Å². The molecule has 6 heteroatoms. The highest BCUT2D eigenvalue weighted by Gasteiger charge is 2.25. The summed E-state index contributed by atoms with van der Waals surface area (Å²) in [5, 5.41) is 0. The minimum atomic E-state index is 0.209. The zero-order valence-electron chi connectivity index (χ0n) is 14.1. The van der Waals surface area contributed by atoms with Crippen LogP contribution in [0.2, 0.25) is 0 Å². The quantitative estimate of drug-likeness (QED) is 0.782. The van der Waals surface area contributed by atoms with Crippen LogP contribution < -0.4 is 4.74 Å². The molecule has 0 bridgehead atoms. The number of imidazole rings is 1. The van der Waals surface area contributed by atoms with E-state index >= 15 is 0 Å². The van der Waals surface area contributed by atoms with Gasteiger partial charge in [0.1, 0.15) is 11.6 Å². The van der Waals surface area contributed by atoms with Crippen LogP contribution in [0.15, 0.2) is 41.6 Å². The highest BCUT2D eigenvalue weighted by Crippen LogP contribution is 2.28. The molecule has 1 aromatic carbocycles. The number of carbonyl (C=O) groups excluding carboxylic acids is 1. The first-order valence-corrected chi connectivity index (χ1v) is 9.18. The van der Waals surface area contributed by atoms with Crippen molar-refractivity contribution < 1.29 is 9.53 Å². The number of hydrogen-bond acceptors (Lipinski definition) is 4. The van der Waals surface area contributed by atoms with Crippen molar-refractivity contribution >= 4 is 17.7 Å². The summed E-state index contributed by atoms with van der Waals surface area (Å²) in [5.74, 6) is 3.10. The van der Waals surface area contributed by atoms with Gasteiger partial charge in [-0.3, -0.25) is 4.79 Å². The molecule has 2 heterocycles. The molecule has 0 atom stereocenters. The van der Waals surface area contributed by atoms with Gasteiger partial charge >= 0.3 is 0 Å². The lowest BCUT2D eigenvalue weighted by atomic mass is 9.96. The fourth-order valence-corrected chi connectivity index (χ4v) is 3.93. The number of likely N-dealkylation sites (tertiary alicyclic amines) is 1. The van der Waals surface area contributed by atoms with Crippen LogP contribution in [0, 0.1) is 0 Å². The molecule has 0 N–H and O–H groups in total. The maximum Gasteiger partial charge on any atom is 0.232 e. The Hall–Kier alpha value is -1.95. The summed E-state index contributed by atoms with van der Waals surface area (Å²) >= 11 is 1.57. The minimum absolute atomic E-state index is 0.209. The van der Waals surface area contributed by atoms with Gasteiger partial charge in [0.25, 0.3) is 0 Å². The molecule has 0 spiro atoms. The first-order chi connectivity index (χ1) is 11.7. The number of aryl methyl sites for hydroxylation is 1. The van der Waals surface area contributed by atoms with Crippen LogP contribution in [0.25, 0.3) is 0 Å². The van der Waals surface area contributed by atoms with Gasteiger partial charge < -0.3 is 14.2 Å². The third kappa shape index (κ3) is 3.93. The van der Waals surface area contributed by atoms with Crippen LogP contribution in [0.4, 0.5) is 0 Å². The second kappa shape index (κ2) is 7.75. The molecule has 1 aliphatic rings. The Balaban J connectivity index is 1.49. The summed E-state index contributed by atoms with van der Waals surface area (Å²) in [6, 6.07) is 7.83. The molecule has 24 heavy (non-hydrogen) atoms. The van der Waals surface area contributed by atoms with Gasteiger partial charge in [0.05, 0.1) is 12.9 Å². The van der Waals surface area contributed by atoms with Crippen LogP contribution in [0.5, 0.6) is 5.75 Å². The Morgan fingerprint density at radius 3 is 2.83 bits per heavy atom. The van der Waals surface area contributed by atoms with Gasteiger partial charge in [-0.1, -0.05) is 6.07 Å². The number of thioether (sulfide) groups is 1. The van der Waals surface area contributed by atoms with E-state index in [4.69, 9.17) is 4.74 Å². The van der Waals surface area contributed by atoms with Crippen molar-refractivity contribution in [1.82, 2.24) is 14.5 Å². The summed E-state index contributed by atoms with van der Waals surface area (Å²) in [4.78, 5) is 19.9. The molecule has 0 saturated carbocycles. The highest BCUT2D eigenvalue weighted by atomic mass is 32.2. The number of ether oxygens (including phenoxy) is 1. The molecule has 128 valence electrons. The number of carbonyl (C=O) groups is 1. The number of nitrogens with zero attached hydrogens (tertiary/aromatic N) is 3. The molecule has 0 unspecified atom stereocenters. The van der Waals surface area contributed by atoms with Crippen LogP contribution in [-0.2, 0) is 11.8 Å². The molecule has 0 aliphatic carbocycles. The Morgan fingerprint density at radius 1 is 1.38 bits per heavy atom. The van der Waals surface area contributed by atoms with E-state index in [1.807, 2.05) is 48.6 Å². The van der Waals surface area contributed by atoms with Crippen molar-refractivity contribution in [1.29, 1.82) is 0 Å². The lowest BCUT2D eigenvalue weighted by Gasteiger charge is -2.31. The second-order valence-electron chi connectivity index (χ2n) is 6.02. The number of aromatic nitrogens is 2. The minimum Gasteiger partial charge on any atom is -0.497 e. The Labute approximate surface area is 147 Å². The van der Waals surface area contributed by atoms with Gasteiger partial charge in [0.2, 0.25) is 5.91 Å². The van der Waals surface area contributed by atoms with E-state index in [0.29, 0.717) is 11.7 Å². The lowest BCUT2D eigenvalue weighted by Crippen LogP contribution is -2.39. The average Bonchev–Trinajstić information content (AvgIpc) is 3.06. The van der Waals surface area contributed by atoms with Crippen LogP contribution in [0.3, 0.4) is 0 Å². The van der Waals surface area contributed by atoms with Crippen molar-refractivity contribution in [3.8, 4) is 5.75 Å². The number of hydrogen-bond donors (Lipinski definition) is 0. The molecule has 1 aliphatic heterocycles. The largest absolute Gasteiger partial charge is 0.497 e. The number of piperidine rings is 1. The number of rotatable bonds is 5. The lowest BCUT2D eigenvalue weighted by molar-refractivity contribution is -0.129. The van der Waals surface area contributed by atoms with E-state index in [-0.39, 0.29) is 5.91 Å². The normalized spacial score (nSPS) is 15.5. The molecular formula is C18H23N3O2S. The fourth-order valence-electron chi connectivity index (χ4n) is 3.08. The zero-order chi connectivity index (χ0) is 16.9. The van der Waals surface area contributed by atoms with Gasteiger partial charge in [-0.2, -0.15) is 0 Å². The molecular weight excluding hydrogens is 322 g/mol. The summed E-state index contributed by atoms with van der Waals surface area (Å²) in [6.07, 6.45) is 5.80. The van der Waals surface area contributed by atoms with Crippen LogP contribution in [-0.4, -0.2) is 46.3 Å². The van der Waals surface area contributed by atoms with Crippen molar-refractivity contribution in [2.24, 2.45) is 7.05 Å². The molecule has 1 fully saturated rings. The first-order valence-electron chi connectivity index (χ1n) is 8.19. The average molecular weight is 345 g/mol. The SMILES string of the molecule is COc1cccc(SCC(=O)N2CCC(c3nccn3C)CC2)c1. The Bertz CT molecular complexity index is 693. The number of amides is 1. The summed E-state index contributed by atoms with van der Waals surface area (Å²) < 4.78 is 7.30. The first kappa shape index (κ1) is 16.9. The summed E-state index contributed by atoms with van der Waals surface area (Å²) in [6.45, 7) is 1.63. The maximum absolute atomic E-state index is 12.4. The van der Waals surface area contributed by atoms with Crippen molar-refractivity contribution in [3.63, 3.8) is 0 Å². The smallest absolute Gasteiger partial charge is 0.232 e. The predicted molar refractivity (Wildman–Crippen MR) is 95.5 cm³/mol. The summed E-state index contributed by atoms with van der Waals surface area (Å²) in [7, 11) is 3.69. The highest BCUT2D eigenvalue weighted by molar-refractivity contribution is 8.00. The van der Waals surface area contributed by atoms with E-state index in [2.05, 4.69) is 9.55 Å². The summed E-state index contributed by atoms with van der Waals surface area (Å²) in [5.41, 5.74) is 0. The van der Waals surface area contributed by atoms with Crippen LogP contribution in [0.1, 0.15) is 24.6 Å². The number of benzene rings is 1. The molecule has 5 nitrogen and oxygen atoms in total. The monoisotopic (exact) mass is 345 g/mol. The third-order valence-electron chi connectivity index (χ3n) is 4.47. The Morgan fingerprint density at radius 2 is 2.17 bits per heavy atom. The second-order valence-corrected chi connectivity index (χ2v) is 7.07. The zero-order valence-corrected chi connectivity index (χ0v) is 15.0.